The van der Waals surface area contributed by atoms with Crippen molar-refractivity contribution in [2.75, 3.05) is 14.2 Å². The van der Waals surface area contributed by atoms with Gasteiger partial charge in [-0.3, -0.25) is 0 Å². The van der Waals surface area contributed by atoms with Crippen LogP contribution in [0.2, 0.25) is 0 Å². The number of rotatable bonds is 3. The van der Waals surface area contributed by atoms with Crippen molar-refractivity contribution < 1.29 is 14.6 Å². The summed E-state index contributed by atoms with van der Waals surface area (Å²) < 4.78 is 10.7. The fourth-order valence-electron chi connectivity index (χ4n) is 2.52. The molecule has 1 aliphatic carbocycles. The highest BCUT2D eigenvalue weighted by atomic mass is 16.5. The quantitative estimate of drug-likeness (QED) is 0.853. The third-order valence-electron chi connectivity index (χ3n) is 3.32. The van der Waals surface area contributed by atoms with Crippen molar-refractivity contribution in [3.8, 4) is 11.5 Å². The Morgan fingerprint density at radius 2 is 1.56 bits per heavy atom. The van der Waals surface area contributed by atoms with Gasteiger partial charge < -0.3 is 14.6 Å². The van der Waals surface area contributed by atoms with Gasteiger partial charge in [0.05, 0.1) is 25.4 Å². The molecule has 0 unspecified atom stereocenters. The first-order chi connectivity index (χ1) is 7.71. The summed E-state index contributed by atoms with van der Waals surface area (Å²) in [6.45, 7) is 0. The van der Waals surface area contributed by atoms with E-state index in [0.717, 1.165) is 31.2 Å². The van der Waals surface area contributed by atoms with Gasteiger partial charge in [0.1, 0.15) is 11.5 Å². The molecule has 0 bridgehead atoms. The highest BCUT2D eigenvalue weighted by Gasteiger charge is 2.38. The van der Waals surface area contributed by atoms with Crippen LogP contribution in [0.15, 0.2) is 18.2 Å². The van der Waals surface area contributed by atoms with Crippen molar-refractivity contribution in [3.05, 3.63) is 23.8 Å². The molecule has 3 heteroatoms. The monoisotopic (exact) mass is 222 g/mol. The molecule has 0 amide bonds. The lowest BCUT2D eigenvalue weighted by atomic mass is 9.90. The van der Waals surface area contributed by atoms with E-state index in [4.69, 9.17) is 9.47 Å². The molecule has 88 valence electrons. The second-order valence-electron chi connectivity index (χ2n) is 4.28. The molecular weight excluding hydrogens is 204 g/mol. The summed E-state index contributed by atoms with van der Waals surface area (Å²) in [5.74, 6) is 1.42. The van der Waals surface area contributed by atoms with Crippen LogP contribution in [0.1, 0.15) is 31.2 Å². The highest BCUT2D eigenvalue weighted by Crippen LogP contribution is 2.46. The van der Waals surface area contributed by atoms with Crippen LogP contribution >= 0.6 is 0 Å². The smallest absolute Gasteiger partial charge is 0.128 e. The van der Waals surface area contributed by atoms with E-state index in [1.165, 1.54) is 0 Å². The van der Waals surface area contributed by atoms with Crippen molar-refractivity contribution in [1.29, 1.82) is 0 Å². The molecule has 2 rings (SSSR count). The predicted molar refractivity (Wildman–Crippen MR) is 61.9 cm³/mol. The summed E-state index contributed by atoms with van der Waals surface area (Å²) in [4.78, 5) is 0. The molecule has 1 saturated carbocycles. The third kappa shape index (κ3) is 1.76. The van der Waals surface area contributed by atoms with Gasteiger partial charge in [-0.1, -0.05) is 18.9 Å². The van der Waals surface area contributed by atoms with E-state index in [1.54, 1.807) is 14.2 Å². The Hall–Kier alpha value is -1.22. The molecule has 0 spiro atoms. The number of hydrogen-bond donors (Lipinski definition) is 1. The number of methoxy groups -OCH3 is 2. The lowest BCUT2D eigenvalue weighted by Crippen LogP contribution is -2.22. The van der Waals surface area contributed by atoms with Crippen LogP contribution in [-0.2, 0) is 5.60 Å². The maximum Gasteiger partial charge on any atom is 0.128 e. The third-order valence-corrected chi connectivity index (χ3v) is 3.32. The molecule has 1 aromatic carbocycles. The minimum atomic E-state index is -0.780. The number of aliphatic hydroxyl groups is 1. The van der Waals surface area contributed by atoms with Gasteiger partial charge in [-0.15, -0.1) is 0 Å². The van der Waals surface area contributed by atoms with Crippen molar-refractivity contribution in [2.45, 2.75) is 31.3 Å². The molecule has 16 heavy (non-hydrogen) atoms. The average Bonchev–Trinajstić information content (AvgIpc) is 2.76. The van der Waals surface area contributed by atoms with Crippen LogP contribution in [0, 0.1) is 0 Å². The molecular formula is C13H18O3. The lowest BCUT2D eigenvalue weighted by molar-refractivity contribution is 0.0393. The number of hydrogen-bond acceptors (Lipinski definition) is 3. The van der Waals surface area contributed by atoms with E-state index in [1.807, 2.05) is 18.2 Å². The second kappa shape index (κ2) is 4.34. The number of benzene rings is 1. The van der Waals surface area contributed by atoms with Crippen LogP contribution in [0.4, 0.5) is 0 Å². The van der Waals surface area contributed by atoms with E-state index in [-0.39, 0.29) is 0 Å². The lowest BCUT2D eigenvalue weighted by Gasteiger charge is -2.26. The molecule has 3 nitrogen and oxygen atoms in total. The molecule has 1 N–H and O–H groups in total. The van der Waals surface area contributed by atoms with Gasteiger partial charge in [-0.25, -0.2) is 0 Å². The zero-order valence-electron chi connectivity index (χ0n) is 9.82. The van der Waals surface area contributed by atoms with Gasteiger partial charge in [0.25, 0.3) is 0 Å². The van der Waals surface area contributed by atoms with E-state index in [2.05, 4.69) is 0 Å². The fourth-order valence-corrected chi connectivity index (χ4v) is 2.52. The summed E-state index contributed by atoms with van der Waals surface area (Å²) in [5.41, 5.74) is 0.0234. The molecule has 0 heterocycles. The van der Waals surface area contributed by atoms with E-state index < -0.39 is 5.60 Å². The van der Waals surface area contributed by atoms with Gasteiger partial charge in [0.15, 0.2) is 0 Å². The van der Waals surface area contributed by atoms with Crippen molar-refractivity contribution in [1.82, 2.24) is 0 Å². The maximum atomic E-state index is 10.6. The Kier molecular flexibility index (Phi) is 3.06. The highest BCUT2D eigenvalue weighted by molar-refractivity contribution is 5.49. The van der Waals surface area contributed by atoms with Crippen LogP contribution in [0.3, 0.4) is 0 Å². The first-order valence-electron chi connectivity index (χ1n) is 5.65. The fraction of sp³-hybridized carbons (Fsp3) is 0.538. The minimum Gasteiger partial charge on any atom is -0.496 e. The average molecular weight is 222 g/mol. The molecule has 0 radical (unpaired) electrons. The summed E-state index contributed by atoms with van der Waals surface area (Å²) in [6, 6.07) is 5.61. The van der Waals surface area contributed by atoms with Crippen LogP contribution in [0.25, 0.3) is 0 Å². The Morgan fingerprint density at radius 3 is 2.00 bits per heavy atom. The van der Waals surface area contributed by atoms with Gasteiger partial charge in [0, 0.05) is 0 Å². The first-order valence-corrected chi connectivity index (χ1v) is 5.65. The Morgan fingerprint density at radius 1 is 1.06 bits per heavy atom. The molecule has 1 aliphatic rings. The van der Waals surface area contributed by atoms with E-state index in [9.17, 15) is 5.11 Å². The predicted octanol–water partition coefficient (Wildman–Crippen LogP) is 2.47. The van der Waals surface area contributed by atoms with Crippen LogP contribution in [0.5, 0.6) is 11.5 Å². The molecule has 0 aliphatic heterocycles. The zero-order chi connectivity index (χ0) is 11.6. The standard InChI is InChI=1S/C13H18O3/c1-15-10-6-5-7-11(16-2)12(10)13(14)8-3-4-9-13/h5-7,14H,3-4,8-9H2,1-2H3. The van der Waals surface area contributed by atoms with Gasteiger partial charge in [-0.05, 0) is 25.0 Å². The van der Waals surface area contributed by atoms with E-state index in [0.29, 0.717) is 11.5 Å². The summed E-state index contributed by atoms with van der Waals surface area (Å²) in [7, 11) is 3.24. The molecule has 1 aromatic rings. The first kappa shape index (κ1) is 11.3. The van der Waals surface area contributed by atoms with Crippen molar-refractivity contribution >= 4 is 0 Å². The normalized spacial score (nSPS) is 18.4. The maximum absolute atomic E-state index is 10.6. The van der Waals surface area contributed by atoms with E-state index >= 15 is 0 Å². The SMILES string of the molecule is COc1cccc(OC)c1C1(O)CCCC1. The van der Waals surface area contributed by atoms with Gasteiger partial charge in [-0.2, -0.15) is 0 Å². The Bertz CT molecular complexity index is 345. The topological polar surface area (TPSA) is 38.7 Å². The summed E-state index contributed by atoms with van der Waals surface area (Å²) in [5, 5.41) is 10.6. The second-order valence-corrected chi connectivity index (χ2v) is 4.28. The molecule has 0 aromatic heterocycles. The summed E-state index contributed by atoms with van der Waals surface area (Å²) >= 11 is 0. The molecule has 0 saturated heterocycles. The van der Waals surface area contributed by atoms with Crippen molar-refractivity contribution in [2.24, 2.45) is 0 Å². The Labute approximate surface area is 96.0 Å². The summed E-state index contributed by atoms with van der Waals surface area (Å²) in [6.07, 6.45) is 3.67. The van der Waals surface area contributed by atoms with Crippen molar-refractivity contribution in [3.63, 3.8) is 0 Å². The molecule has 1 fully saturated rings. The Balaban J connectivity index is 2.51. The van der Waals surface area contributed by atoms with Gasteiger partial charge >= 0.3 is 0 Å². The minimum absolute atomic E-state index is 0.712. The molecule has 0 atom stereocenters. The van der Waals surface area contributed by atoms with Crippen LogP contribution < -0.4 is 9.47 Å². The number of ether oxygens (including phenoxy) is 2. The van der Waals surface area contributed by atoms with Gasteiger partial charge in [0.2, 0.25) is 0 Å². The largest absolute Gasteiger partial charge is 0.496 e. The van der Waals surface area contributed by atoms with Crippen LogP contribution in [-0.4, -0.2) is 19.3 Å². The zero-order valence-corrected chi connectivity index (χ0v) is 9.82.